The normalized spacial score (nSPS) is 13.0. The Morgan fingerprint density at radius 1 is 1.41 bits per heavy atom. The molecule has 6 nitrogen and oxygen atoms in total. The van der Waals surface area contributed by atoms with Crippen molar-refractivity contribution in [3.63, 3.8) is 0 Å². The van der Waals surface area contributed by atoms with Crippen LogP contribution in [0.5, 0.6) is 0 Å². The first kappa shape index (κ1) is 16.3. The first-order valence-corrected chi connectivity index (χ1v) is 7.00. The Balaban J connectivity index is 4.89. The highest BCUT2D eigenvalue weighted by molar-refractivity contribution is 7.89. The molecule has 0 aromatic carbocycles. The van der Waals surface area contributed by atoms with Crippen LogP contribution in [0.3, 0.4) is 0 Å². The van der Waals surface area contributed by atoms with E-state index in [0.717, 1.165) is 4.31 Å². The van der Waals surface area contributed by atoms with Crippen molar-refractivity contribution < 1.29 is 23.1 Å². The number of sulfonamides is 1. The fraction of sp³-hybridized carbons (Fsp3) is 0.900. The van der Waals surface area contributed by atoms with Crippen LogP contribution in [0.2, 0.25) is 0 Å². The molecule has 0 aliphatic rings. The number of ether oxygens (including phenoxy) is 1. The quantitative estimate of drug-likeness (QED) is 0.694. The summed E-state index contributed by atoms with van der Waals surface area (Å²) in [5, 5.41) is 8.69. The maximum absolute atomic E-state index is 12.0. The van der Waals surface area contributed by atoms with E-state index in [0.29, 0.717) is 6.42 Å². The molecule has 0 aromatic heterocycles. The second kappa shape index (κ2) is 6.32. The maximum atomic E-state index is 12.0. The number of carboxylic acids is 1. The van der Waals surface area contributed by atoms with E-state index in [4.69, 9.17) is 9.84 Å². The van der Waals surface area contributed by atoms with E-state index in [1.54, 1.807) is 20.8 Å². The van der Waals surface area contributed by atoms with Crippen molar-refractivity contribution in [1.29, 1.82) is 0 Å². The molecule has 0 bridgehead atoms. The molecule has 0 atom stereocenters. The van der Waals surface area contributed by atoms with Crippen LogP contribution >= 0.6 is 0 Å². The Bertz CT molecular complexity index is 350. The lowest BCUT2D eigenvalue weighted by molar-refractivity contribution is -0.137. The lowest BCUT2D eigenvalue weighted by Gasteiger charge is -2.27. The molecule has 102 valence electrons. The van der Waals surface area contributed by atoms with Gasteiger partial charge in [0, 0.05) is 13.7 Å². The Morgan fingerprint density at radius 3 is 2.29 bits per heavy atom. The first-order valence-electron chi connectivity index (χ1n) is 5.39. The van der Waals surface area contributed by atoms with Crippen LogP contribution in [-0.4, -0.2) is 55.4 Å². The molecule has 0 amide bonds. The van der Waals surface area contributed by atoms with Crippen LogP contribution in [0, 0.1) is 0 Å². The highest BCUT2D eigenvalue weighted by atomic mass is 32.2. The zero-order valence-corrected chi connectivity index (χ0v) is 11.6. The summed E-state index contributed by atoms with van der Waals surface area (Å²) in [6, 6.07) is 0. The second-order valence-corrected chi connectivity index (χ2v) is 6.42. The van der Waals surface area contributed by atoms with Crippen molar-refractivity contribution in [2.45, 2.75) is 32.8 Å². The summed E-state index contributed by atoms with van der Waals surface area (Å²) in [4.78, 5) is 10.6. The number of nitrogens with zero attached hydrogens (tertiary/aromatic N) is 1. The highest BCUT2D eigenvalue weighted by Gasteiger charge is 2.31. The van der Waals surface area contributed by atoms with Gasteiger partial charge in [-0.15, -0.1) is 0 Å². The van der Waals surface area contributed by atoms with Gasteiger partial charge in [-0.2, -0.15) is 4.31 Å². The average molecular weight is 267 g/mol. The number of aliphatic carboxylic acids is 1. The molecule has 0 unspecified atom stereocenters. The fourth-order valence-corrected chi connectivity index (χ4v) is 3.25. The molecular weight excluding hydrogens is 246 g/mol. The predicted octanol–water partition coefficient (Wildman–Crippen LogP) is 0.538. The molecule has 0 fully saturated rings. The zero-order valence-electron chi connectivity index (χ0n) is 10.8. The fourth-order valence-electron chi connectivity index (χ4n) is 1.31. The van der Waals surface area contributed by atoms with E-state index in [9.17, 15) is 13.2 Å². The van der Waals surface area contributed by atoms with E-state index in [2.05, 4.69) is 0 Å². The standard InChI is InChI=1S/C10H21NO5S/c1-5-6-11(7-9(12)13)17(14,15)8-10(2,3)16-4/h5-8H2,1-4H3,(H,12,13). The molecule has 0 spiro atoms. The van der Waals surface area contributed by atoms with Crippen molar-refractivity contribution in [3.8, 4) is 0 Å². The smallest absolute Gasteiger partial charge is 0.318 e. The highest BCUT2D eigenvalue weighted by Crippen LogP contribution is 2.14. The predicted molar refractivity (Wildman–Crippen MR) is 64.4 cm³/mol. The largest absolute Gasteiger partial charge is 0.480 e. The molecule has 0 radical (unpaired) electrons. The first-order chi connectivity index (χ1) is 7.64. The Morgan fingerprint density at radius 2 is 1.94 bits per heavy atom. The summed E-state index contributed by atoms with van der Waals surface area (Å²) in [7, 11) is -2.19. The van der Waals surface area contributed by atoms with Crippen LogP contribution in [0.15, 0.2) is 0 Å². The van der Waals surface area contributed by atoms with Gasteiger partial charge in [-0.05, 0) is 20.3 Å². The molecule has 0 rings (SSSR count). The monoisotopic (exact) mass is 267 g/mol. The third kappa shape index (κ3) is 5.99. The summed E-state index contributed by atoms with van der Waals surface area (Å²) in [6.45, 7) is 4.79. The lowest BCUT2D eigenvalue weighted by atomic mass is 10.2. The minimum Gasteiger partial charge on any atom is -0.480 e. The van der Waals surface area contributed by atoms with E-state index < -0.39 is 28.1 Å². The molecule has 17 heavy (non-hydrogen) atoms. The summed E-state index contributed by atoms with van der Waals surface area (Å²) in [5.74, 6) is -1.39. The number of carboxylic acid groups (broad SMARTS) is 1. The Kier molecular flexibility index (Phi) is 6.08. The summed E-state index contributed by atoms with van der Waals surface area (Å²) in [6.07, 6.45) is 0.569. The van der Waals surface area contributed by atoms with Gasteiger partial charge in [0.15, 0.2) is 0 Å². The second-order valence-electron chi connectivity index (χ2n) is 4.45. The molecule has 0 saturated heterocycles. The van der Waals surface area contributed by atoms with Gasteiger partial charge in [-0.1, -0.05) is 6.92 Å². The SMILES string of the molecule is CCCN(CC(=O)O)S(=O)(=O)CC(C)(C)OC. The lowest BCUT2D eigenvalue weighted by Crippen LogP contribution is -2.43. The number of hydrogen-bond donors (Lipinski definition) is 1. The molecular formula is C10H21NO5S. The van der Waals surface area contributed by atoms with Gasteiger partial charge >= 0.3 is 5.97 Å². The van der Waals surface area contributed by atoms with E-state index in [1.165, 1.54) is 7.11 Å². The number of methoxy groups -OCH3 is 1. The third-order valence-corrected chi connectivity index (χ3v) is 4.42. The Hall–Kier alpha value is -0.660. The van der Waals surface area contributed by atoms with Crippen LogP contribution in [0.1, 0.15) is 27.2 Å². The third-order valence-electron chi connectivity index (χ3n) is 2.26. The Labute approximate surface area is 103 Å². The topological polar surface area (TPSA) is 83.9 Å². The zero-order chi connectivity index (χ0) is 13.7. The summed E-state index contributed by atoms with van der Waals surface area (Å²) in [5.41, 5.74) is -0.830. The van der Waals surface area contributed by atoms with Crippen molar-refractivity contribution in [2.75, 3.05) is 26.0 Å². The van der Waals surface area contributed by atoms with Gasteiger partial charge < -0.3 is 9.84 Å². The van der Waals surface area contributed by atoms with Crippen molar-refractivity contribution >= 4 is 16.0 Å². The van der Waals surface area contributed by atoms with E-state index in [1.807, 2.05) is 0 Å². The number of hydrogen-bond acceptors (Lipinski definition) is 4. The van der Waals surface area contributed by atoms with Crippen LogP contribution in [0.25, 0.3) is 0 Å². The van der Waals surface area contributed by atoms with Crippen LogP contribution in [0.4, 0.5) is 0 Å². The molecule has 0 aliphatic carbocycles. The van der Waals surface area contributed by atoms with E-state index >= 15 is 0 Å². The summed E-state index contributed by atoms with van der Waals surface area (Å²) < 4.78 is 30.1. The minimum atomic E-state index is -3.62. The van der Waals surface area contributed by atoms with Gasteiger partial charge in [-0.25, -0.2) is 8.42 Å². The minimum absolute atomic E-state index is 0.203. The molecule has 7 heteroatoms. The van der Waals surface area contributed by atoms with Crippen molar-refractivity contribution in [2.24, 2.45) is 0 Å². The van der Waals surface area contributed by atoms with Crippen LogP contribution in [-0.2, 0) is 19.6 Å². The molecule has 0 aromatic rings. The molecule has 1 N–H and O–H groups in total. The van der Waals surface area contributed by atoms with Gasteiger partial charge in [-0.3, -0.25) is 4.79 Å². The van der Waals surface area contributed by atoms with Crippen molar-refractivity contribution in [1.82, 2.24) is 4.31 Å². The average Bonchev–Trinajstić information content (AvgIpc) is 2.15. The van der Waals surface area contributed by atoms with Crippen molar-refractivity contribution in [3.05, 3.63) is 0 Å². The van der Waals surface area contributed by atoms with Crippen LogP contribution < -0.4 is 0 Å². The number of rotatable bonds is 8. The maximum Gasteiger partial charge on any atom is 0.318 e. The van der Waals surface area contributed by atoms with Gasteiger partial charge in [0.25, 0.3) is 0 Å². The van der Waals surface area contributed by atoms with Gasteiger partial charge in [0.2, 0.25) is 10.0 Å². The van der Waals surface area contributed by atoms with E-state index in [-0.39, 0.29) is 12.3 Å². The molecule has 0 heterocycles. The molecule has 0 saturated carbocycles. The summed E-state index contributed by atoms with van der Waals surface area (Å²) >= 11 is 0. The number of carbonyl (C=O) groups is 1. The van der Waals surface area contributed by atoms with Gasteiger partial charge in [0.05, 0.1) is 11.4 Å². The van der Waals surface area contributed by atoms with Gasteiger partial charge in [0.1, 0.15) is 6.54 Å². The molecule has 0 aliphatic heterocycles.